The molecule has 114 valence electrons. The smallest absolute Gasteiger partial charge is 0.261 e. The largest absolute Gasteiger partial charge is 0.322 e. The highest BCUT2D eigenvalue weighted by atomic mass is 19.1. The first-order valence-electron chi connectivity index (χ1n) is 7.06. The molecule has 3 aromatic carbocycles. The van der Waals surface area contributed by atoms with E-state index in [1.165, 1.54) is 6.07 Å². The fourth-order valence-electron chi connectivity index (χ4n) is 2.28. The van der Waals surface area contributed by atoms with Gasteiger partial charge >= 0.3 is 0 Å². The summed E-state index contributed by atoms with van der Waals surface area (Å²) in [6.07, 6.45) is 0. The molecule has 0 radical (unpaired) electrons. The van der Waals surface area contributed by atoms with Crippen LogP contribution in [0.3, 0.4) is 0 Å². The molecule has 23 heavy (non-hydrogen) atoms. The van der Waals surface area contributed by atoms with Crippen molar-refractivity contribution >= 4 is 11.6 Å². The average Bonchev–Trinajstić information content (AvgIpc) is 2.56. The summed E-state index contributed by atoms with van der Waals surface area (Å²) in [5, 5.41) is 2.50. The van der Waals surface area contributed by atoms with Crippen molar-refractivity contribution in [1.29, 1.82) is 0 Å². The minimum Gasteiger partial charge on any atom is -0.322 e. The summed E-state index contributed by atoms with van der Waals surface area (Å²) in [5.74, 6) is -2.58. The SMILES string of the molecule is O=C(Nc1ccc(-c2ccccc2)cc1)c1c(F)cccc1F. The topological polar surface area (TPSA) is 29.1 Å². The van der Waals surface area contributed by atoms with E-state index in [9.17, 15) is 13.6 Å². The van der Waals surface area contributed by atoms with E-state index in [1.54, 1.807) is 12.1 Å². The lowest BCUT2D eigenvalue weighted by atomic mass is 10.1. The second kappa shape index (κ2) is 6.40. The van der Waals surface area contributed by atoms with Gasteiger partial charge in [-0.3, -0.25) is 4.79 Å². The van der Waals surface area contributed by atoms with Crippen molar-refractivity contribution in [2.24, 2.45) is 0 Å². The Morgan fingerprint density at radius 3 is 1.87 bits per heavy atom. The molecular formula is C19H13F2NO. The molecule has 2 nitrogen and oxygen atoms in total. The first kappa shape index (κ1) is 14.9. The van der Waals surface area contributed by atoms with E-state index in [0.29, 0.717) is 5.69 Å². The van der Waals surface area contributed by atoms with E-state index >= 15 is 0 Å². The molecule has 0 atom stereocenters. The van der Waals surface area contributed by atoms with E-state index in [1.807, 2.05) is 42.5 Å². The van der Waals surface area contributed by atoms with Crippen LogP contribution >= 0.6 is 0 Å². The Bertz CT molecular complexity index is 809. The highest BCUT2D eigenvalue weighted by Crippen LogP contribution is 2.22. The van der Waals surface area contributed by atoms with Gasteiger partial charge in [0.15, 0.2) is 0 Å². The lowest BCUT2D eigenvalue weighted by molar-refractivity contribution is 0.101. The number of anilines is 1. The first-order valence-corrected chi connectivity index (χ1v) is 7.06. The van der Waals surface area contributed by atoms with Crippen molar-refractivity contribution < 1.29 is 13.6 Å². The third kappa shape index (κ3) is 3.26. The normalized spacial score (nSPS) is 10.3. The Balaban J connectivity index is 1.80. The van der Waals surface area contributed by atoms with Crippen molar-refractivity contribution in [3.8, 4) is 11.1 Å². The lowest BCUT2D eigenvalue weighted by Gasteiger charge is -2.08. The zero-order valence-electron chi connectivity index (χ0n) is 12.1. The summed E-state index contributed by atoms with van der Waals surface area (Å²) in [6.45, 7) is 0. The van der Waals surface area contributed by atoms with Gasteiger partial charge in [-0.1, -0.05) is 48.5 Å². The minimum atomic E-state index is -0.886. The Morgan fingerprint density at radius 1 is 0.696 bits per heavy atom. The van der Waals surface area contributed by atoms with Crippen LogP contribution in [0, 0.1) is 11.6 Å². The van der Waals surface area contributed by atoms with E-state index < -0.39 is 23.1 Å². The third-order valence-corrected chi connectivity index (χ3v) is 3.44. The summed E-state index contributed by atoms with van der Waals surface area (Å²) in [7, 11) is 0. The molecule has 1 amide bonds. The maximum atomic E-state index is 13.6. The van der Waals surface area contributed by atoms with Gasteiger partial charge in [-0.15, -0.1) is 0 Å². The lowest BCUT2D eigenvalue weighted by Crippen LogP contribution is -2.15. The van der Waals surface area contributed by atoms with Crippen molar-refractivity contribution in [1.82, 2.24) is 0 Å². The van der Waals surface area contributed by atoms with Gasteiger partial charge < -0.3 is 5.32 Å². The summed E-state index contributed by atoms with van der Waals surface area (Å²) >= 11 is 0. The van der Waals surface area contributed by atoms with Crippen molar-refractivity contribution in [3.63, 3.8) is 0 Å². The van der Waals surface area contributed by atoms with Crippen LogP contribution in [-0.4, -0.2) is 5.91 Å². The zero-order valence-corrected chi connectivity index (χ0v) is 12.1. The molecule has 0 unspecified atom stereocenters. The predicted molar refractivity (Wildman–Crippen MR) is 86.2 cm³/mol. The number of carbonyl (C=O) groups is 1. The molecule has 0 spiro atoms. The van der Waals surface area contributed by atoms with E-state index in [0.717, 1.165) is 23.3 Å². The number of benzene rings is 3. The molecule has 0 saturated heterocycles. The monoisotopic (exact) mass is 309 g/mol. The number of amides is 1. The van der Waals surface area contributed by atoms with Gasteiger partial charge in [0.25, 0.3) is 5.91 Å². The van der Waals surface area contributed by atoms with Crippen LogP contribution in [-0.2, 0) is 0 Å². The summed E-state index contributed by atoms with van der Waals surface area (Å²) in [4.78, 5) is 12.0. The third-order valence-electron chi connectivity index (χ3n) is 3.44. The van der Waals surface area contributed by atoms with E-state index in [-0.39, 0.29) is 0 Å². The Labute approximate surface area is 132 Å². The molecule has 3 aromatic rings. The minimum absolute atomic E-state index is 0.470. The van der Waals surface area contributed by atoms with Gasteiger partial charge in [-0.05, 0) is 35.4 Å². The highest BCUT2D eigenvalue weighted by molar-refractivity contribution is 6.04. The molecule has 4 heteroatoms. The molecule has 0 aliphatic rings. The predicted octanol–water partition coefficient (Wildman–Crippen LogP) is 4.88. The summed E-state index contributed by atoms with van der Waals surface area (Å²) in [5.41, 5.74) is 1.92. The van der Waals surface area contributed by atoms with Crippen LogP contribution in [0.4, 0.5) is 14.5 Å². The van der Waals surface area contributed by atoms with Crippen molar-refractivity contribution in [2.75, 3.05) is 5.32 Å². The molecule has 0 aromatic heterocycles. The molecule has 0 fully saturated rings. The molecular weight excluding hydrogens is 296 g/mol. The van der Waals surface area contributed by atoms with Crippen molar-refractivity contribution in [3.05, 3.63) is 90.0 Å². The van der Waals surface area contributed by atoms with Gasteiger partial charge in [0, 0.05) is 5.69 Å². The second-order valence-electron chi connectivity index (χ2n) is 4.99. The molecule has 0 aliphatic heterocycles. The first-order chi connectivity index (χ1) is 11.1. The molecule has 0 saturated carbocycles. The van der Waals surface area contributed by atoms with E-state index in [4.69, 9.17) is 0 Å². The molecule has 0 aliphatic carbocycles. The van der Waals surface area contributed by atoms with Gasteiger partial charge in [0.2, 0.25) is 0 Å². The highest BCUT2D eigenvalue weighted by Gasteiger charge is 2.16. The van der Waals surface area contributed by atoms with Gasteiger partial charge in [-0.25, -0.2) is 8.78 Å². The van der Waals surface area contributed by atoms with Crippen LogP contribution in [0.25, 0.3) is 11.1 Å². The maximum absolute atomic E-state index is 13.6. The number of halogens is 2. The van der Waals surface area contributed by atoms with E-state index in [2.05, 4.69) is 5.32 Å². The maximum Gasteiger partial charge on any atom is 0.261 e. The zero-order chi connectivity index (χ0) is 16.2. The number of nitrogens with one attached hydrogen (secondary N) is 1. The van der Waals surface area contributed by atoms with Crippen LogP contribution in [0.1, 0.15) is 10.4 Å². The Morgan fingerprint density at radius 2 is 1.26 bits per heavy atom. The van der Waals surface area contributed by atoms with Crippen LogP contribution in [0.5, 0.6) is 0 Å². The van der Waals surface area contributed by atoms with Crippen LogP contribution in [0.15, 0.2) is 72.8 Å². The fraction of sp³-hybridized carbons (Fsp3) is 0. The van der Waals surface area contributed by atoms with Crippen LogP contribution < -0.4 is 5.32 Å². The molecule has 1 N–H and O–H groups in total. The Kier molecular flexibility index (Phi) is 4.15. The number of carbonyl (C=O) groups excluding carboxylic acids is 1. The van der Waals surface area contributed by atoms with Gasteiger partial charge in [0.05, 0.1) is 0 Å². The second-order valence-corrected chi connectivity index (χ2v) is 4.99. The number of hydrogen-bond donors (Lipinski definition) is 1. The number of hydrogen-bond acceptors (Lipinski definition) is 1. The van der Waals surface area contributed by atoms with Crippen molar-refractivity contribution in [2.45, 2.75) is 0 Å². The number of rotatable bonds is 3. The summed E-state index contributed by atoms with van der Waals surface area (Å²) in [6, 6.07) is 20.1. The standard InChI is InChI=1S/C19H13F2NO/c20-16-7-4-8-17(21)18(16)19(23)22-15-11-9-14(10-12-15)13-5-2-1-3-6-13/h1-12H,(H,22,23). The summed E-state index contributed by atoms with van der Waals surface area (Å²) < 4.78 is 27.2. The average molecular weight is 309 g/mol. The molecule has 0 bridgehead atoms. The fourth-order valence-corrected chi connectivity index (χ4v) is 2.28. The van der Waals surface area contributed by atoms with Gasteiger partial charge in [0.1, 0.15) is 17.2 Å². The van der Waals surface area contributed by atoms with Crippen LogP contribution in [0.2, 0.25) is 0 Å². The quantitative estimate of drug-likeness (QED) is 0.733. The van der Waals surface area contributed by atoms with Gasteiger partial charge in [-0.2, -0.15) is 0 Å². The molecule has 3 rings (SSSR count). The molecule has 0 heterocycles. The Hall–Kier alpha value is -3.01.